The average Bonchev–Trinajstić information content (AvgIpc) is 2.87. The smallest absolute Gasteiger partial charge is 0.174 e. The topological polar surface area (TPSA) is 30.2 Å². The van der Waals surface area contributed by atoms with E-state index in [0.29, 0.717) is 0 Å². The second-order valence-electron chi connectivity index (χ2n) is 5.57. The van der Waals surface area contributed by atoms with Gasteiger partial charge in [0.25, 0.3) is 0 Å². The SMILES string of the molecule is CCc1oc2ccccc2c1C(=O)C1Cc2ccccc21. The molecule has 3 aromatic rings. The first-order chi connectivity index (χ1) is 10.3. The van der Waals surface area contributed by atoms with Crippen LogP contribution in [0.25, 0.3) is 11.0 Å². The second-order valence-corrected chi connectivity index (χ2v) is 5.57. The van der Waals surface area contributed by atoms with Crippen molar-refractivity contribution < 1.29 is 9.21 Å². The van der Waals surface area contributed by atoms with Crippen LogP contribution in [0, 0.1) is 0 Å². The molecule has 0 spiro atoms. The third-order valence-electron chi connectivity index (χ3n) is 4.41. The molecule has 0 saturated carbocycles. The lowest BCUT2D eigenvalue weighted by Gasteiger charge is -2.28. The van der Waals surface area contributed by atoms with Crippen LogP contribution in [0.2, 0.25) is 0 Å². The minimum atomic E-state index is -0.00694. The number of hydrogen-bond donors (Lipinski definition) is 0. The summed E-state index contributed by atoms with van der Waals surface area (Å²) in [5.41, 5.74) is 4.06. The second kappa shape index (κ2) is 4.59. The molecule has 1 heterocycles. The van der Waals surface area contributed by atoms with Crippen molar-refractivity contribution in [2.24, 2.45) is 0 Å². The summed E-state index contributed by atoms with van der Waals surface area (Å²) in [6.07, 6.45) is 1.59. The van der Waals surface area contributed by atoms with Crippen LogP contribution in [0.15, 0.2) is 52.9 Å². The van der Waals surface area contributed by atoms with Gasteiger partial charge in [-0.25, -0.2) is 0 Å². The molecule has 4 rings (SSSR count). The predicted octanol–water partition coefficient (Wildman–Crippen LogP) is 4.52. The molecule has 104 valence electrons. The van der Waals surface area contributed by atoms with Gasteiger partial charge in [-0.2, -0.15) is 0 Å². The van der Waals surface area contributed by atoms with Crippen LogP contribution in [0.5, 0.6) is 0 Å². The molecule has 0 radical (unpaired) electrons. The molecule has 1 unspecified atom stereocenters. The minimum absolute atomic E-state index is 0.00694. The van der Waals surface area contributed by atoms with Gasteiger partial charge in [-0.05, 0) is 23.6 Å². The molecule has 2 heteroatoms. The number of fused-ring (bicyclic) bond motifs is 2. The Kier molecular flexibility index (Phi) is 2.71. The zero-order chi connectivity index (χ0) is 14.4. The van der Waals surface area contributed by atoms with Crippen molar-refractivity contribution >= 4 is 16.8 Å². The number of benzene rings is 2. The number of hydrogen-bond acceptors (Lipinski definition) is 2. The van der Waals surface area contributed by atoms with E-state index in [1.165, 1.54) is 11.1 Å². The molecule has 2 nitrogen and oxygen atoms in total. The van der Waals surface area contributed by atoms with Gasteiger partial charge in [-0.15, -0.1) is 0 Å². The number of carbonyl (C=O) groups excluding carboxylic acids is 1. The number of aryl methyl sites for hydroxylation is 1. The minimum Gasteiger partial charge on any atom is -0.460 e. The summed E-state index contributed by atoms with van der Waals surface area (Å²) < 4.78 is 5.86. The highest BCUT2D eigenvalue weighted by Crippen LogP contribution is 2.39. The van der Waals surface area contributed by atoms with E-state index in [0.717, 1.165) is 35.1 Å². The molecular weight excluding hydrogens is 260 g/mol. The maximum absolute atomic E-state index is 13.0. The molecule has 2 aromatic carbocycles. The molecule has 21 heavy (non-hydrogen) atoms. The normalized spacial score (nSPS) is 16.5. The van der Waals surface area contributed by atoms with E-state index in [1.54, 1.807) is 0 Å². The van der Waals surface area contributed by atoms with Gasteiger partial charge in [-0.1, -0.05) is 49.4 Å². The highest BCUT2D eigenvalue weighted by molar-refractivity contribution is 6.12. The monoisotopic (exact) mass is 276 g/mol. The molecule has 0 fully saturated rings. The predicted molar refractivity (Wildman–Crippen MR) is 82.8 cm³/mol. The number of ketones is 1. The van der Waals surface area contributed by atoms with Crippen LogP contribution in [-0.4, -0.2) is 5.78 Å². The van der Waals surface area contributed by atoms with Crippen molar-refractivity contribution in [1.29, 1.82) is 0 Å². The highest BCUT2D eigenvalue weighted by atomic mass is 16.3. The van der Waals surface area contributed by atoms with Crippen molar-refractivity contribution in [1.82, 2.24) is 0 Å². The van der Waals surface area contributed by atoms with E-state index in [4.69, 9.17) is 4.42 Å². The largest absolute Gasteiger partial charge is 0.460 e. The van der Waals surface area contributed by atoms with Crippen molar-refractivity contribution in [2.45, 2.75) is 25.7 Å². The van der Waals surface area contributed by atoms with Gasteiger partial charge >= 0.3 is 0 Å². The van der Waals surface area contributed by atoms with E-state index in [-0.39, 0.29) is 11.7 Å². The molecule has 1 atom stereocenters. The quantitative estimate of drug-likeness (QED) is 0.658. The van der Waals surface area contributed by atoms with Crippen LogP contribution in [0.3, 0.4) is 0 Å². The Balaban J connectivity index is 1.82. The zero-order valence-electron chi connectivity index (χ0n) is 11.9. The lowest BCUT2D eigenvalue weighted by Crippen LogP contribution is -2.25. The number of rotatable bonds is 3. The summed E-state index contributed by atoms with van der Waals surface area (Å²) in [5.74, 6) is 1.01. The zero-order valence-corrected chi connectivity index (χ0v) is 11.9. The molecule has 1 aliphatic carbocycles. The van der Waals surface area contributed by atoms with Crippen LogP contribution < -0.4 is 0 Å². The Bertz CT molecular complexity index is 842. The molecule has 0 saturated heterocycles. The Labute approximate surface area is 123 Å². The van der Waals surface area contributed by atoms with Gasteiger partial charge in [0.1, 0.15) is 11.3 Å². The first kappa shape index (κ1) is 12.4. The summed E-state index contributed by atoms with van der Waals surface area (Å²) in [6.45, 7) is 2.03. The first-order valence-corrected chi connectivity index (χ1v) is 7.42. The average molecular weight is 276 g/mol. The Morgan fingerprint density at radius 2 is 1.90 bits per heavy atom. The fraction of sp³-hybridized carbons (Fsp3) is 0.211. The van der Waals surface area contributed by atoms with Gasteiger partial charge in [0, 0.05) is 11.8 Å². The van der Waals surface area contributed by atoms with Crippen molar-refractivity contribution in [3.63, 3.8) is 0 Å². The maximum atomic E-state index is 13.0. The lowest BCUT2D eigenvalue weighted by atomic mass is 9.73. The summed E-state index contributed by atoms with van der Waals surface area (Å²) in [7, 11) is 0. The summed E-state index contributed by atoms with van der Waals surface area (Å²) in [6, 6.07) is 16.0. The summed E-state index contributed by atoms with van der Waals surface area (Å²) in [4.78, 5) is 13.0. The van der Waals surface area contributed by atoms with Crippen LogP contribution in [0.1, 0.15) is 40.1 Å². The van der Waals surface area contributed by atoms with E-state index in [2.05, 4.69) is 12.1 Å². The third-order valence-corrected chi connectivity index (χ3v) is 4.41. The van der Waals surface area contributed by atoms with Crippen molar-refractivity contribution in [2.75, 3.05) is 0 Å². The Morgan fingerprint density at radius 3 is 2.71 bits per heavy atom. The van der Waals surface area contributed by atoms with Crippen molar-refractivity contribution in [3.8, 4) is 0 Å². The molecular formula is C19H16O2. The molecule has 0 amide bonds. The van der Waals surface area contributed by atoms with E-state index < -0.39 is 0 Å². The van der Waals surface area contributed by atoms with Crippen LogP contribution >= 0.6 is 0 Å². The molecule has 0 bridgehead atoms. The summed E-state index contributed by atoms with van der Waals surface area (Å²) in [5, 5.41) is 0.948. The van der Waals surface area contributed by atoms with Gasteiger partial charge in [0.05, 0.1) is 11.5 Å². The van der Waals surface area contributed by atoms with Gasteiger partial charge < -0.3 is 4.42 Å². The van der Waals surface area contributed by atoms with E-state index in [1.807, 2.05) is 43.3 Å². The van der Waals surface area contributed by atoms with Crippen LogP contribution in [0.4, 0.5) is 0 Å². The molecule has 0 N–H and O–H groups in total. The number of para-hydroxylation sites is 1. The Morgan fingerprint density at radius 1 is 1.14 bits per heavy atom. The standard InChI is InChI=1S/C19H16O2/c1-2-16-18(14-9-5-6-10-17(14)21-16)19(20)15-11-12-7-3-4-8-13(12)15/h3-10,15H,2,11H2,1H3. The molecule has 1 aliphatic rings. The molecule has 0 aliphatic heterocycles. The highest BCUT2D eigenvalue weighted by Gasteiger charge is 2.35. The first-order valence-electron chi connectivity index (χ1n) is 7.42. The number of furan rings is 1. The fourth-order valence-corrected chi connectivity index (χ4v) is 3.28. The van der Waals surface area contributed by atoms with Gasteiger partial charge in [0.15, 0.2) is 5.78 Å². The number of carbonyl (C=O) groups is 1. The summed E-state index contributed by atoms with van der Waals surface area (Å²) >= 11 is 0. The third kappa shape index (κ3) is 1.75. The lowest BCUT2D eigenvalue weighted by molar-refractivity contribution is 0.0948. The van der Waals surface area contributed by atoms with Crippen LogP contribution in [-0.2, 0) is 12.8 Å². The molecule has 1 aromatic heterocycles. The van der Waals surface area contributed by atoms with Gasteiger partial charge in [-0.3, -0.25) is 4.79 Å². The number of Topliss-reactive ketones (excluding diaryl/α,β-unsaturated/α-hetero) is 1. The van der Waals surface area contributed by atoms with Gasteiger partial charge in [0.2, 0.25) is 0 Å². The van der Waals surface area contributed by atoms with E-state index in [9.17, 15) is 4.79 Å². The fourth-order valence-electron chi connectivity index (χ4n) is 3.28. The maximum Gasteiger partial charge on any atom is 0.174 e. The van der Waals surface area contributed by atoms with Crippen molar-refractivity contribution in [3.05, 3.63) is 71.0 Å². The van der Waals surface area contributed by atoms with E-state index >= 15 is 0 Å². The Hall–Kier alpha value is -2.35.